The van der Waals surface area contributed by atoms with Gasteiger partial charge >= 0.3 is 0 Å². The molecule has 0 saturated carbocycles. The Morgan fingerprint density at radius 3 is 0.554 bits per heavy atom. The molecule has 0 bridgehead atoms. The molecule has 0 saturated heterocycles. The van der Waals surface area contributed by atoms with Gasteiger partial charge in [0.05, 0.1) is 11.4 Å². The van der Waals surface area contributed by atoms with E-state index in [2.05, 4.69) is 447 Å². The van der Waals surface area contributed by atoms with Crippen LogP contribution < -0.4 is 9.80 Å². The van der Waals surface area contributed by atoms with E-state index in [1.54, 1.807) is 0 Å². The molecule has 0 aliphatic carbocycles. The first-order valence-electron chi connectivity index (χ1n) is 38.2. The molecule has 4 heteroatoms. The van der Waals surface area contributed by atoms with E-state index < -0.39 is 0 Å². The largest absolute Gasteiger partial charge is 0.454 e. The number of fused-ring (bicyclic) bond motifs is 6. The zero-order chi connectivity index (χ0) is 74.5. The number of nitrogens with zero attached hydrogens (tertiary/aromatic N) is 2. The zero-order valence-electron chi connectivity index (χ0n) is 61.4. The average Bonchev–Trinajstić information content (AvgIpc) is 1.56. The molecule has 112 heavy (non-hydrogen) atoms. The quantitative estimate of drug-likeness (QED) is 0.0965. The highest BCUT2D eigenvalue weighted by Gasteiger charge is 2.25. The zero-order valence-corrected chi connectivity index (χ0v) is 61.4. The van der Waals surface area contributed by atoms with Crippen LogP contribution in [0.5, 0.6) is 0 Å². The van der Waals surface area contributed by atoms with E-state index in [-0.39, 0.29) is 0 Å². The van der Waals surface area contributed by atoms with Crippen LogP contribution in [0.15, 0.2) is 458 Å². The van der Waals surface area contributed by atoms with Crippen LogP contribution in [-0.2, 0) is 0 Å². The van der Waals surface area contributed by atoms with Gasteiger partial charge in [-0.15, -0.1) is 0 Å². The Hall–Kier alpha value is -14.8. The highest BCUT2D eigenvalue weighted by atomic mass is 16.3. The van der Waals surface area contributed by atoms with Crippen molar-refractivity contribution in [2.24, 2.45) is 0 Å². The van der Waals surface area contributed by atoms with E-state index in [0.29, 0.717) is 0 Å². The molecule has 20 aromatic rings. The summed E-state index contributed by atoms with van der Waals surface area (Å²) in [6.07, 6.45) is 0. The van der Waals surface area contributed by atoms with Crippen LogP contribution in [0, 0.1) is 0 Å². The molecule has 0 amide bonds. The first-order chi connectivity index (χ1) is 55.5. The van der Waals surface area contributed by atoms with Gasteiger partial charge in [0.2, 0.25) is 0 Å². The third-order valence-electron chi connectivity index (χ3n) is 21.4. The molecule has 0 aliphatic heterocycles. The molecular weight excluding hydrogens is 1360 g/mol. The molecular formula is C108H74N2O2. The van der Waals surface area contributed by atoms with Crippen molar-refractivity contribution >= 4 is 78.0 Å². The van der Waals surface area contributed by atoms with Gasteiger partial charge in [0, 0.05) is 44.3 Å². The number of benzene rings is 18. The lowest BCUT2D eigenvalue weighted by Crippen LogP contribution is -2.10. The van der Waals surface area contributed by atoms with Gasteiger partial charge in [-0.1, -0.05) is 364 Å². The standard InChI is InChI=1S/2C54H37NO/c1-4-12-38(13-5-1)41-20-22-43(23-21-41)45-30-34-49(35-31-45)55(48-32-28-44(29-33-48)40-16-8-3-9-17-40)52-37-47(36-51-50-18-10-11-19-53(50)56-54(51)52)46-26-24-42(25-27-46)39-14-6-2-7-15-39;1-4-12-38(13-5-1)40-20-22-42(23-21-40)43-24-26-44(27-25-43)45-32-34-49(35-33-45)55(48-16-8-3-9-17-48)52-37-47(36-51-50-18-10-11-19-53(50)56-54(51)52)46-30-28-41(29-31-46)39-14-6-2-7-15-39/h2*1-37H. The van der Waals surface area contributed by atoms with Gasteiger partial charge in [-0.2, -0.15) is 0 Å². The second-order valence-electron chi connectivity index (χ2n) is 28.3. The molecule has 0 N–H and O–H groups in total. The number of furan rings is 2. The van der Waals surface area contributed by atoms with Crippen molar-refractivity contribution in [3.63, 3.8) is 0 Å². The van der Waals surface area contributed by atoms with E-state index in [0.717, 1.165) is 111 Å². The Kier molecular flexibility index (Phi) is 18.4. The maximum atomic E-state index is 6.77. The van der Waals surface area contributed by atoms with Crippen LogP contribution in [0.2, 0.25) is 0 Å². The van der Waals surface area contributed by atoms with Crippen LogP contribution in [0.3, 0.4) is 0 Å². The van der Waals surface area contributed by atoms with Gasteiger partial charge in [-0.05, 0) is 196 Å². The Balaban J connectivity index is 0.000000151. The van der Waals surface area contributed by atoms with Crippen LogP contribution in [0.1, 0.15) is 0 Å². The van der Waals surface area contributed by atoms with Gasteiger partial charge < -0.3 is 18.6 Å². The summed E-state index contributed by atoms with van der Waals surface area (Å²) < 4.78 is 13.5. The molecule has 528 valence electrons. The molecule has 4 nitrogen and oxygen atoms in total. The van der Waals surface area contributed by atoms with Crippen LogP contribution in [0.4, 0.5) is 34.1 Å². The third kappa shape index (κ3) is 13.8. The Morgan fingerprint density at radius 2 is 0.312 bits per heavy atom. The van der Waals surface area contributed by atoms with E-state index >= 15 is 0 Å². The SMILES string of the molecule is c1ccc(-c2ccc(-c3ccc(-c4ccc(N(c5ccccc5)c5cc(-c6ccc(-c7ccccc7)cc6)cc6c5oc5ccccc56)cc4)cc3)cc2)cc1.c1ccc(-c2ccc(-c3ccc(N(c4ccc(-c5ccccc5)cc4)c4cc(-c5ccc(-c6ccccc6)cc5)cc5c4oc4ccccc45)cc3)cc2)cc1. The topological polar surface area (TPSA) is 32.8 Å². The predicted molar refractivity (Wildman–Crippen MR) is 471 cm³/mol. The highest BCUT2D eigenvalue weighted by molar-refractivity contribution is 6.14. The second kappa shape index (κ2) is 30.4. The minimum atomic E-state index is 0.851. The fourth-order valence-electron chi connectivity index (χ4n) is 15.6. The van der Waals surface area contributed by atoms with Gasteiger partial charge in [0.1, 0.15) is 11.2 Å². The molecule has 0 unspecified atom stereocenters. The Labute approximate surface area is 652 Å². The first-order valence-corrected chi connectivity index (χ1v) is 38.2. The summed E-state index contributed by atoms with van der Waals surface area (Å²) in [5.74, 6) is 0. The van der Waals surface area contributed by atoms with Crippen molar-refractivity contribution in [1.82, 2.24) is 0 Å². The number of hydrogen-bond acceptors (Lipinski definition) is 4. The second-order valence-corrected chi connectivity index (χ2v) is 28.3. The summed E-state index contributed by atoms with van der Waals surface area (Å²) in [6, 6.07) is 160. The Bertz CT molecular complexity index is 6610. The van der Waals surface area contributed by atoms with E-state index in [1.807, 2.05) is 12.1 Å². The molecule has 2 aromatic heterocycles. The summed E-state index contributed by atoms with van der Waals surface area (Å²) >= 11 is 0. The lowest BCUT2D eigenvalue weighted by molar-refractivity contribution is 0.669. The van der Waals surface area contributed by atoms with Crippen molar-refractivity contribution in [2.75, 3.05) is 9.80 Å². The van der Waals surface area contributed by atoms with Gasteiger partial charge in [-0.3, -0.25) is 0 Å². The normalized spacial score (nSPS) is 11.2. The van der Waals surface area contributed by atoms with Crippen molar-refractivity contribution in [3.05, 3.63) is 449 Å². The predicted octanol–water partition coefficient (Wildman–Crippen LogP) is 30.8. The summed E-state index contributed by atoms with van der Waals surface area (Å²) in [4.78, 5) is 4.65. The molecule has 0 fully saturated rings. The smallest absolute Gasteiger partial charge is 0.159 e. The number of para-hydroxylation sites is 3. The molecule has 18 aromatic carbocycles. The minimum absolute atomic E-state index is 0.851. The molecule has 0 radical (unpaired) electrons. The maximum absolute atomic E-state index is 6.77. The van der Waals surface area contributed by atoms with Crippen molar-refractivity contribution < 1.29 is 8.83 Å². The van der Waals surface area contributed by atoms with Crippen molar-refractivity contribution in [3.8, 4) is 111 Å². The van der Waals surface area contributed by atoms with Crippen molar-refractivity contribution in [2.45, 2.75) is 0 Å². The van der Waals surface area contributed by atoms with E-state index in [4.69, 9.17) is 8.83 Å². The lowest BCUT2D eigenvalue weighted by atomic mass is 9.97. The number of rotatable bonds is 16. The fraction of sp³-hybridized carbons (Fsp3) is 0. The fourth-order valence-corrected chi connectivity index (χ4v) is 15.6. The maximum Gasteiger partial charge on any atom is 0.159 e. The van der Waals surface area contributed by atoms with Crippen LogP contribution in [0.25, 0.3) is 155 Å². The van der Waals surface area contributed by atoms with Crippen LogP contribution in [-0.4, -0.2) is 0 Å². The van der Waals surface area contributed by atoms with Gasteiger partial charge in [0.15, 0.2) is 11.2 Å². The van der Waals surface area contributed by atoms with Crippen LogP contribution >= 0.6 is 0 Å². The monoisotopic (exact) mass is 1430 g/mol. The summed E-state index contributed by atoms with van der Waals surface area (Å²) in [7, 11) is 0. The lowest BCUT2D eigenvalue weighted by Gasteiger charge is -2.26. The summed E-state index contributed by atoms with van der Waals surface area (Å²) in [6.45, 7) is 0. The van der Waals surface area contributed by atoms with Gasteiger partial charge in [0.25, 0.3) is 0 Å². The molecule has 2 heterocycles. The van der Waals surface area contributed by atoms with Crippen molar-refractivity contribution in [1.29, 1.82) is 0 Å². The summed E-state index contributed by atoms with van der Waals surface area (Å²) in [5, 5.41) is 4.37. The molecule has 20 rings (SSSR count). The number of hydrogen-bond donors (Lipinski definition) is 0. The van der Waals surface area contributed by atoms with Gasteiger partial charge in [-0.25, -0.2) is 0 Å². The average molecular weight is 1430 g/mol. The molecule has 0 aliphatic rings. The van der Waals surface area contributed by atoms with E-state index in [1.165, 1.54) is 77.9 Å². The molecule has 0 spiro atoms. The first kappa shape index (κ1) is 67.7. The third-order valence-corrected chi connectivity index (χ3v) is 21.4. The minimum Gasteiger partial charge on any atom is -0.454 e. The summed E-state index contributed by atoms with van der Waals surface area (Å²) in [5.41, 5.74) is 33.3. The number of anilines is 6. The van der Waals surface area contributed by atoms with E-state index in [9.17, 15) is 0 Å². The molecule has 0 atom stereocenters. The Morgan fingerprint density at radius 1 is 0.134 bits per heavy atom. The highest BCUT2D eigenvalue weighted by Crippen LogP contribution is 2.48.